The Bertz CT molecular complexity index is 217. The molecule has 0 fully saturated rings. The van der Waals surface area contributed by atoms with E-state index in [1.807, 2.05) is 0 Å². The normalized spacial score (nSPS) is 11.0. The molecule has 0 saturated carbocycles. The smallest absolute Gasteiger partial charge is 0.596 e. The maximum absolute atomic E-state index is 10.1. The molecule has 0 saturated heterocycles. The molecule has 0 amide bonds. The minimum absolute atomic E-state index is 0. The van der Waals surface area contributed by atoms with Crippen LogP contribution in [0.4, 0.5) is 0 Å². The van der Waals surface area contributed by atoms with Crippen LogP contribution >= 0.6 is 16.1 Å². The second-order valence-corrected chi connectivity index (χ2v) is 7.17. The van der Waals surface area contributed by atoms with Crippen LogP contribution in [-0.2, 0) is 26.5 Å². The summed E-state index contributed by atoms with van der Waals surface area (Å²) in [6, 6.07) is 0. The Hall–Kier alpha value is 0.652. The third kappa shape index (κ3) is 33.5. The molecule has 0 aromatic heterocycles. The monoisotopic (exact) mass is 376 g/mol. The van der Waals surface area contributed by atoms with Crippen LogP contribution in [0.2, 0.25) is 0 Å². The van der Waals surface area contributed by atoms with Crippen molar-refractivity contribution < 1.29 is 36.3 Å². The molecule has 0 bridgehead atoms. The van der Waals surface area contributed by atoms with Gasteiger partial charge in [-0.3, -0.25) is 0 Å². The Balaban J connectivity index is -0.000000295. The zero-order valence-corrected chi connectivity index (χ0v) is 16.5. The fourth-order valence-corrected chi connectivity index (χ4v) is 2.65. The Morgan fingerprint density at radius 1 is 0.619 bits per heavy atom. The Labute approximate surface area is 143 Å². The molecule has 0 rings (SSSR count). The summed E-state index contributed by atoms with van der Waals surface area (Å²) in [5.41, 5.74) is 0. The maximum Gasteiger partial charge on any atom is 2.00 e. The predicted octanol–water partition coefficient (Wildman–Crippen LogP) is 4.12. The summed E-state index contributed by atoms with van der Waals surface area (Å²) >= 11 is 0. The van der Waals surface area contributed by atoms with Gasteiger partial charge in [0.1, 0.15) is 12.3 Å². The molecule has 7 heteroatoms. The molecular weight excluding hydrogens is 346 g/mol. The average molecular weight is 376 g/mol. The molecule has 2 unspecified atom stereocenters. The van der Waals surface area contributed by atoms with Crippen molar-refractivity contribution in [3.05, 3.63) is 0 Å². The Morgan fingerprint density at radius 3 is 1.14 bits per heavy atom. The van der Waals surface area contributed by atoms with Crippen molar-refractivity contribution in [3.8, 4) is 0 Å². The first kappa shape index (κ1) is 26.5. The minimum atomic E-state index is -2.12. The fraction of sp³-hybridized carbons (Fsp3) is 1.00. The molecule has 0 aliphatic carbocycles. The summed E-state index contributed by atoms with van der Waals surface area (Å²) in [4.78, 5) is 20.1. The van der Waals surface area contributed by atoms with Crippen LogP contribution in [0.25, 0.3) is 0 Å². The van der Waals surface area contributed by atoms with E-state index in [0.717, 1.165) is 25.7 Å². The SMILES string of the molecule is CCCCCCC[P+](=O)[O-].CCCCCCC[P+](=O)[O-].[Cr+2]. The van der Waals surface area contributed by atoms with E-state index in [0.29, 0.717) is 12.3 Å². The summed E-state index contributed by atoms with van der Waals surface area (Å²) < 4.78 is 20.1. The molecule has 21 heavy (non-hydrogen) atoms. The first-order chi connectivity index (χ1) is 9.54. The van der Waals surface area contributed by atoms with Gasteiger partial charge in [-0.2, -0.15) is 0 Å². The van der Waals surface area contributed by atoms with E-state index in [2.05, 4.69) is 13.8 Å². The van der Waals surface area contributed by atoms with Crippen molar-refractivity contribution in [1.82, 2.24) is 0 Å². The van der Waals surface area contributed by atoms with Crippen molar-refractivity contribution in [2.75, 3.05) is 12.3 Å². The molecule has 4 nitrogen and oxygen atoms in total. The fourth-order valence-electron chi connectivity index (χ4n) is 1.69. The summed E-state index contributed by atoms with van der Waals surface area (Å²) in [6.07, 6.45) is 11.8. The first-order valence-corrected chi connectivity index (χ1v) is 10.5. The van der Waals surface area contributed by atoms with E-state index in [1.54, 1.807) is 0 Å². The second-order valence-electron chi connectivity index (χ2n) is 4.94. The van der Waals surface area contributed by atoms with Crippen molar-refractivity contribution in [2.45, 2.75) is 78.1 Å². The molecule has 0 radical (unpaired) electrons. The van der Waals surface area contributed by atoms with Crippen LogP contribution in [0.5, 0.6) is 0 Å². The van der Waals surface area contributed by atoms with E-state index >= 15 is 0 Å². The van der Waals surface area contributed by atoms with E-state index in [-0.39, 0.29) is 17.4 Å². The third-order valence-corrected chi connectivity index (χ3v) is 4.25. The first-order valence-electron chi connectivity index (χ1n) is 7.78. The van der Waals surface area contributed by atoms with Crippen LogP contribution in [-0.4, -0.2) is 12.3 Å². The third-order valence-electron chi connectivity index (χ3n) is 2.89. The maximum atomic E-state index is 10.1. The van der Waals surface area contributed by atoms with Gasteiger partial charge in [0.05, 0.1) is 0 Å². The van der Waals surface area contributed by atoms with Crippen molar-refractivity contribution in [2.24, 2.45) is 0 Å². The molecule has 0 aromatic carbocycles. The van der Waals surface area contributed by atoms with Crippen LogP contribution in [0.1, 0.15) is 78.1 Å². The van der Waals surface area contributed by atoms with Gasteiger partial charge in [0.25, 0.3) is 0 Å². The van der Waals surface area contributed by atoms with Crippen LogP contribution < -0.4 is 9.79 Å². The minimum Gasteiger partial charge on any atom is -0.596 e. The number of hydrogen-bond donors (Lipinski definition) is 0. The van der Waals surface area contributed by atoms with Crippen molar-refractivity contribution in [3.63, 3.8) is 0 Å². The molecule has 0 heterocycles. The van der Waals surface area contributed by atoms with Gasteiger partial charge in [0.2, 0.25) is 0 Å². The summed E-state index contributed by atoms with van der Waals surface area (Å²) in [7, 11) is -4.24. The van der Waals surface area contributed by atoms with Crippen LogP contribution in [0.3, 0.4) is 0 Å². The van der Waals surface area contributed by atoms with Gasteiger partial charge in [0, 0.05) is 0 Å². The van der Waals surface area contributed by atoms with Gasteiger partial charge in [0.15, 0.2) is 0 Å². The number of hydrogen-bond acceptors (Lipinski definition) is 4. The van der Waals surface area contributed by atoms with Gasteiger partial charge >= 0.3 is 33.4 Å². The van der Waals surface area contributed by atoms with E-state index in [9.17, 15) is 18.9 Å². The zero-order chi connectivity index (χ0) is 15.6. The summed E-state index contributed by atoms with van der Waals surface area (Å²) in [6.45, 7) is 4.29. The van der Waals surface area contributed by atoms with E-state index < -0.39 is 16.1 Å². The number of unbranched alkanes of at least 4 members (excludes halogenated alkanes) is 8. The predicted molar refractivity (Wildman–Crippen MR) is 82.5 cm³/mol. The largest absolute Gasteiger partial charge is 2.00 e. The number of rotatable bonds is 12. The zero-order valence-electron chi connectivity index (χ0n) is 13.4. The van der Waals surface area contributed by atoms with Crippen LogP contribution in [0, 0.1) is 0 Å². The standard InChI is InChI=1S/2C7H15O2P.Cr/c2*1-2-3-4-5-6-7-10(8)9;/h2*2-7H2,1H3;/q;;+2. The molecule has 0 N–H and O–H groups in total. The molecule has 124 valence electrons. The Morgan fingerprint density at radius 2 is 0.905 bits per heavy atom. The molecule has 2 atom stereocenters. The molecule has 0 aliphatic rings. The molecular formula is C14H30CrO4P2+2. The van der Waals surface area contributed by atoms with E-state index in [1.165, 1.54) is 38.5 Å². The van der Waals surface area contributed by atoms with Crippen molar-refractivity contribution >= 4 is 16.1 Å². The molecule has 0 aliphatic heterocycles. The van der Waals surface area contributed by atoms with Gasteiger partial charge in [-0.15, -0.1) is 0 Å². The average Bonchev–Trinajstić information content (AvgIpc) is 2.38. The van der Waals surface area contributed by atoms with Gasteiger partial charge in [-0.1, -0.05) is 61.5 Å². The molecule has 0 aromatic rings. The topological polar surface area (TPSA) is 80.3 Å². The van der Waals surface area contributed by atoms with Gasteiger partial charge < -0.3 is 9.79 Å². The van der Waals surface area contributed by atoms with Crippen molar-refractivity contribution in [1.29, 1.82) is 0 Å². The summed E-state index contributed by atoms with van der Waals surface area (Å²) in [5, 5.41) is 0. The molecule has 0 spiro atoms. The van der Waals surface area contributed by atoms with Crippen LogP contribution in [0.15, 0.2) is 0 Å². The second kappa shape index (κ2) is 22.9. The van der Waals surface area contributed by atoms with Gasteiger partial charge in [-0.05, 0) is 25.7 Å². The Kier molecular flexibility index (Phi) is 29.0. The summed E-state index contributed by atoms with van der Waals surface area (Å²) in [5.74, 6) is 0. The van der Waals surface area contributed by atoms with Gasteiger partial charge in [-0.25, -0.2) is 0 Å². The quantitative estimate of drug-likeness (QED) is 0.379. The van der Waals surface area contributed by atoms with E-state index in [4.69, 9.17) is 0 Å².